The molecular weight excluding hydrogens is 230 g/mol. The minimum atomic E-state index is 0.338. The molecule has 0 spiro atoms. The average Bonchev–Trinajstić information content (AvgIpc) is 2.30. The third-order valence-corrected chi connectivity index (χ3v) is 4.93. The van der Waals surface area contributed by atoms with E-state index in [2.05, 4.69) is 47.6 Å². The zero-order valence-electron chi connectivity index (χ0n) is 11.5. The fraction of sp³-hybridized carbons (Fsp3) is 1.00. The summed E-state index contributed by atoms with van der Waals surface area (Å²) >= 11 is 2.10. The van der Waals surface area contributed by atoms with Crippen LogP contribution >= 0.6 is 11.8 Å². The maximum absolute atomic E-state index is 3.63. The molecule has 2 aliphatic rings. The van der Waals surface area contributed by atoms with E-state index in [4.69, 9.17) is 0 Å². The summed E-state index contributed by atoms with van der Waals surface area (Å²) in [6.07, 6.45) is 0. The Balaban J connectivity index is 1.71. The first-order valence-corrected chi connectivity index (χ1v) is 8.00. The van der Waals surface area contributed by atoms with Crippen molar-refractivity contribution < 1.29 is 0 Å². The van der Waals surface area contributed by atoms with E-state index in [-0.39, 0.29) is 0 Å². The number of piperazine rings is 1. The number of nitrogens with one attached hydrogen (secondary N) is 1. The molecule has 1 N–H and O–H groups in total. The van der Waals surface area contributed by atoms with E-state index >= 15 is 0 Å². The van der Waals surface area contributed by atoms with E-state index in [1.54, 1.807) is 0 Å². The number of hydrogen-bond donors (Lipinski definition) is 1. The van der Waals surface area contributed by atoms with Gasteiger partial charge in [0, 0.05) is 62.4 Å². The van der Waals surface area contributed by atoms with Gasteiger partial charge in [-0.25, -0.2) is 0 Å². The van der Waals surface area contributed by atoms with Crippen LogP contribution in [0.4, 0.5) is 0 Å². The Bertz CT molecular complexity index is 225. The van der Waals surface area contributed by atoms with Gasteiger partial charge in [0.1, 0.15) is 0 Å². The van der Waals surface area contributed by atoms with Crippen LogP contribution in [0, 0.1) is 0 Å². The first-order chi connectivity index (χ1) is 8.05. The lowest BCUT2D eigenvalue weighted by atomic mass is 10.0. The van der Waals surface area contributed by atoms with Gasteiger partial charge in [0.2, 0.25) is 0 Å². The summed E-state index contributed by atoms with van der Waals surface area (Å²) in [4.78, 5) is 5.23. The summed E-state index contributed by atoms with van der Waals surface area (Å²) in [5.74, 6) is 2.58. The Labute approximate surface area is 110 Å². The molecule has 1 atom stereocenters. The van der Waals surface area contributed by atoms with Gasteiger partial charge >= 0.3 is 0 Å². The van der Waals surface area contributed by atoms with Gasteiger partial charge in [-0.3, -0.25) is 9.80 Å². The summed E-state index contributed by atoms with van der Waals surface area (Å²) in [6, 6.07) is 0.718. The van der Waals surface area contributed by atoms with Gasteiger partial charge < -0.3 is 5.32 Å². The fourth-order valence-electron chi connectivity index (χ4n) is 2.65. The monoisotopic (exact) mass is 257 g/mol. The molecule has 2 aliphatic heterocycles. The zero-order valence-corrected chi connectivity index (χ0v) is 12.4. The third-order valence-electron chi connectivity index (χ3n) is 3.80. The highest BCUT2D eigenvalue weighted by molar-refractivity contribution is 7.99. The molecule has 0 aromatic rings. The summed E-state index contributed by atoms with van der Waals surface area (Å²) in [5.41, 5.74) is 0.338. The largest absolute Gasteiger partial charge is 0.311 e. The molecule has 17 heavy (non-hydrogen) atoms. The van der Waals surface area contributed by atoms with Gasteiger partial charge in [-0.1, -0.05) is 0 Å². The lowest BCUT2D eigenvalue weighted by Crippen LogP contribution is -2.56. The lowest BCUT2D eigenvalue weighted by Gasteiger charge is -2.43. The van der Waals surface area contributed by atoms with Crippen molar-refractivity contribution in [1.82, 2.24) is 15.1 Å². The van der Waals surface area contributed by atoms with E-state index in [9.17, 15) is 0 Å². The summed E-state index contributed by atoms with van der Waals surface area (Å²) in [5, 5.41) is 3.63. The topological polar surface area (TPSA) is 18.5 Å². The number of nitrogens with zero attached hydrogens (tertiary/aromatic N) is 2. The lowest BCUT2D eigenvalue weighted by molar-refractivity contribution is 0.0591. The van der Waals surface area contributed by atoms with Gasteiger partial charge in [-0.2, -0.15) is 11.8 Å². The Morgan fingerprint density at radius 1 is 1.18 bits per heavy atom. The predicted octanol–water partition coefficient (Wildman–Crippen LogP) is 1.11. The van der Waals surface area contributed by atoms with Crippen LogP contribution in [0.15, 0.2) is 0 Å². The molecule has 0 amide bonds. The average molecular weight is 257 g/mol. The van der Waals surface area contributed by atoms with Gasteiger partial charge in [0.05, 0.1) is 0 Å². The van der Waals surface area contributed by atoms with Crippen LogP contribution in [0.25, 0.3) is 0 Å². The highest BCUT2D eigenvalue weighted by atomic mass is 32.2. The van der Waals surface area contributed by atoms with Crippen LogP contribution in [0.1, 0.15) is 20.8 Å². The highest BCUT2D eigenvalue weighted by Crippen LogP contribution is 2.16. The Morgan fingerprint density at radius 3 is 2.41 bits per heavy atom. The van der Waals surface area contributed by atoms with Gasteiger partial charge in [-0.15, -0.1) is 0 Å². The molecule has 0 aromatic heterocycles. The third kappa shape index (κ3) is 4.12. The van der Waals surface area contributed by atoms with Crippen molar-refractivity contribution in [3.63, 3.8) is 0 Å². The summed E-state index contributed by atoms with van der Waals surface area (Å²) in [6.45, 7) is 14.3. The predicted molar refractivity (Wildman–Crippen MR) is 76.9 cm³/mol. The number of hydrogen-bond acceptors (Lipinski definition) is 4. The van der Waals surface area contributed by atoms with Gasteiger partial charge in [0.15, 0.2) is 0 Å². The van der Waals surface area contributed by atoms with Crippen molar-refractivity contribution in [3.8, 4) is 0 Å². The molecule has 1 unspecified atom stereocenters. The van der Waals surface area contributed by atoms with Crippen molar-refractivity contribution in [2.24, 2.45) is 0 Å². The summed E-state index contributed by atoms with van der Waals surface area (Å²) < 4.78 is 0. The van der Waals surface area contributed by atoms with E-state index < -0.39 is 0 Å². The van der Waals surface area contributed by atoms with Crippen molar-refractivity contribution in [1.29, 1.82) is 0 Å². The highest BCUT2D eigenvalue weighted by Gasteiger charge is 2.27. The standard InChI is InChI=1S/C13H27N3S/c1-13(2,3)16-7-5-15(6-8-16)10-12-11-17-9-4-14-12/h12,14H,4-11H2,1-3H3. The Morgan fingerprint density at radius 2 is 1.88 bits per heavy atom. The second-order valence-corrected chi connectivity index (χ2v) is 7.33. The first kappa shape index (κ1) is 13.7. The molecule has 0 aliphatic carbocycles. The van der Waals surface area contributed by atoms with E-state index in [0.717, 1.165) is 6.04 Å². The first-order valence-electron chi connectivity index (χ1n) is 6.84. The molecule has 2 fully saturated rings. The molecule has 2 heterocycles. The maximum atomic E-state index is 3.63. The van der Waals surface area contributed by atoms with Crippen LogP contribution < -0.4 is 5.32 Å². The molecule has 2 saturated heterocycles. The minimum absolute atomic E-state index is 0.338. The van der Waals surface area contributed by atoms with Crippen LogP contribution in [0.5, 0.6) is 0 Å². The zero-order chi connectivity index (χ0) is 12.3. The molecule has 4 heteroatoms. The molecule has 0 aromatic carbocycles. The van der Waals surface area contributed by atoms with Crippen LogP contribution in [0.2, 0.25) is 0 Å². The smallest absolute Gasteiger partial charge is 0.0285 e. The van der Waals surface area contributed by atoms with Crippen molar-refractivity contribution >= 4 is 11.8 Å². The number of thioether (sulfide) groups is 1. The van der Waals surface area contributed by atoms with E-state index in [1.165, 1.54) is 50.8 Å². The second-order valence-electron chi connectivity index (χ2n) is 6.18. The Kier molecular flexibility index (Phi) is 4.75. The maximum Gasteiger partial charge on any atom is 0.0285 e. The van der Waals surface area contributed by atoms with E-state index in [0.29, 0.717) is 5.54 Å². The van der Waals surface area contributed by atoms with E-state index in [1.807, 2.05) is 0 Å². The molecule has 2 rings (SSSR count). The van der Waals surface area contributed by atoms with Crippen LogP contribution in [0.3, 0.4) is 0 Å². The van der Waals surface area contributed by atoms with Crippen molar-refractivity contribution in [2.45, 2.75) is 32.4 Å². The van der Waals surface area contributed by atoms with Crippen LogP contribution in [-0.4, -0.2) is 72.2 Å². The molecule has 0 saturated carbocycles. The normalized spacial score (nSPS) is 29.5. The summed E-state index contributed by atoms with van der Waals surface area (Å²) in [7, 11) is 0. The minimum Gasteiger partial charge on any atom is -0.311 e. The molecular formula is C13H27N3S. The Hall–Kier alpha value is 0.230. The van der Waals surface area contributed by atoms with Gasteiger partial charge in [0.25, 0.3) is 0 Å². The fourth-order valence-corrected chi connectivity index (χ4v) is 3.59. The molecule has 0 bridgehead atoms. The molecule has 3 nitrogen and oxygen atoms in total. The molecule has 0 radical (unpaired) electrons. The van der Waals surface area contributed by atoms with Crippen LogP contribution in [-0.2, 0) is 0 Å². The number of rotatable bonds is 2. The van der Waals surface area contributed by atoms with Crippen molar-refractivity contribution in [2.75, 3.05) is 50.8 Å². The van der Waals surface area contributed by atoms with Crippen molar-refractivity contribution in [3.05, 3.63) is 0 Å². The quantitative estimate of drug-likeness (QED) is 0.798. The SMILES string of the molecule is CC(C)(C)N1CCN(CC2CSCCN2)CC1. The molecule has 100 valence electrons. The second kappa shape index (κ2) is 5.91. The van der Waals surface area contributed by atoms with Gasteiger partial charge in [-0.05, 0) is 20.8 Å².